The zero-order chi connectivity index (χ0) is 18.1. The van der Waals surface area contributed by atoms with Crippen LogP contribution in [-0.4, -0.2) is 17.7 Å². The Bertz CT molecular complexity index is 870. The number of anilines is 2. The van der Waals surface area contributed by atoms with Crippen LogP contribution < -0.4 is 10.2 Å². The molecule has 1 aliphatic carbocycles. The van der Waals surface area contributed by atoms with Gasteiger partial charge in [0.1, 0.15) is 0 Å². The van der Waals surface area contributed by atoms with Gasteiger partial charge in [-0.1, -0.05) is 37.5 Å². The summed E-state index contributed by atoms with van der Waals surface area (Å²) < 4.78 is 0. The first-order valence-electron chi connectivity index (χ1n) is 9.04. The molecule has 0 unspecified atom stereocenters. The molecular weight excluding hydrogens is 328 g/mol. The summed E-state index contributed by atoms with van der Waals surface area (Å²) in [7, 11) is 0. The molecule has 3 amide bonds. The zero-order valence-electron chi connectivity index (χ0n) is 14.4. The minimum Gasteiger partial charge on any atom is -0.326 e. The second-order valence-electron chi connectivity index (χ2n) is 6.87. The van der Waals surface area contributed by atoms with E-state index in [4.69, 9.17) is 0 Å². The van der Waals surface area contributed by atoms with Gasteiger partial charge in [-0.2, -0.15) is 0 Å². The lowest BCUT2D eigenvalue weighted by molar-refractivity contribution is -0.120. The number of hydrogen-bond acceptors (Lipinski definition) is 3. The van der Waals surface area contributed by atoms with E-state index in [2.05, 4.69) is 5.32 Å². The predicted octanol–water partition coefficient (Wildman–Crippen LogP) is 4.01. The first kappa shape index (κ1) is 16.5. The van der Waals surface area contributed by atoms with E-state index < -0.39 is 0 Å². The summed E-state index contributed by atoms with van der Waals surface area (Å²) in [5.74, 6) is -0.650. The SMILES string of the molecule is O=C(Nc1ccc2c(c1)C(=O)N(c1ccccc1)C2=O)C1CCCCC1. The highest BCUT2D eigenvalue weighted by molar-refractivity contribution is 6.34. The van der Waals surface area contributed by atoms with Crippen molar-refractivity contribution >= 4 is 29.1 Å². The monoisotopic (exact) mass is 348 g/mol. The van der Waals surface area contributed by atoms with Gasteiger partial charge in [0.25, 0.3) is 11.8 Å². The molecule has 5 nitrogen and oxygen atoms in total. The fraction of sp³-hybridized carbons (Fsp3) is 0.286. The Balaban J connectivity index is 1.57. The molecule has 132 valence electrons. The maximum atomic E-state index is 12.7. The Hall–Kier alpha value is -2.95. The Morgan fingerprint density at radius 2 is 1.58 bits per heavy atom. The van der Waals surface area contributed by atoms with Crippen molar-refractivity contribution in [3.63, 3.8) is 0 Å². The smallest absolute Gasteiger partial charge is 0.266 e. The molecule has 0 spiro atoms. The lowest BCUT2D eigenvalue weighted by Crippen LogP contribution is -2.29. The Labute approximate surface area is 152 Å². The van der Waals surface area contributed by atoms with E-state index in [-0.39, 0.29) is 23.6 Å². The molecule has 2 aromatic carbocycles. The van der Waals surface area contributed by atoms with Crippen molar-refractivity contribution in [2.24, 2.45) is 5.92 Å². The van der Waals surface area contributed by atoms with Crippen molar-refractivity contribution < 1.29 is 14.4 Å². The minimum absolute atomic E-state index is 0.00124. The quantitative estimate of drug-likeness (QED) is 0.853. The Morgan fingerprint density at radius 3 is 2.31 bits per heavy atom. The number of fused-ring (bicyclic) bond motifs is 1. The van der Waals surface area contributed by atoms with Crippen LogP contribution >= 0.6 is 0 Å². The van der Waals surface area contributed by atoms with Crippen LogP contribution in [0.15, 0.2) is 48.5 Å². The molecule has 1 N–H and O–H groups in total. The van der Waals surface area contributed by atoms with Crippen LogP contribution in [0.25, 0.3) is 0 Å². The van der Waals surface area contributed by atoms with Gasteiger partial charge in [-0.15, -0.1) is 0 Å². The van der Waals surface area contributed by atoms with E-state index >= 15 is 0 Å². The van der Waals surface area contributed by atoms with Crippen LogP contribution in [0.3, 0.4) is 0 Å². The standard InChI is InChI=1S/C21H20N2O3/c24-19(14-7-3-1-4-8-14)22-15-11-12-17-18(13-15)21(26)23(20(17)25)16-9-5-2-6-10-16/h2,5-6,9-14H,1,3-4,7-8H2,(H,22,24). The van der Waals surface area contributed by atoms with Crippen LogP contribution in [0.5, 0.6) is 0 Å². The van der Waals surface area contributed by atoms with E-state index in [0.717, 1.165) is 25.7 Å². The number of benzene rings is 2. The summed E-state index contributed by atoms with van der Waals surface area (Å²) in [6.07, 6.45) is 5.18. The van der Waals surface area contributed by atoms with Crippen molar-refractivity contribution in [1.29, 1.82) is 0 Å². The number of nitrogens with zero attached hydrogens (tertiary/aromatic N) is 1. The van der Waals surface area contributed by atoms with Gasteiger partial charge >= 0.3 is 0 Å². The van der Waals surface area contributed by atoms with Crippen LogP contribution in [0.1, 0.15) is 52.8 Å². The van der Waals surface area contributed by atoms with Crippen LogP contribution in [-0.2, 0) is 4.79 Å². The van der Waals surface area contributed by atoms with Gasteiger partial charge in [-0.3, -0.25) is 14.4 Å². The Kier molecular flexibility index (Phi) is 4.29. The van der Waals surface area contributed by atoms with E-state index in [0.29, 0.717) is 22.5 Å². The fourth-order valence-electron chi connectivity index (χ4n) is 3.74. The number of carbonyl (C=O) groups is 3. The Morgan fingerprint density at radius 1 is 0.885 bits per heavy atom. The highest BCUT2D eigenvalue weighted by Gasteiger charge is 2.36. The summed E-state index contributed by atoms with van der Waals surface area (Å²) in [4.78, 5) is 38.9. The number of para-hydroxylation sites is 1. The van der Waals surface area contributed by atoms with Crippen molar-refractivity contribution in [3.05, 3.63) is 59.7 Å². The fourth-order valence-corrected chi connectivity index (χ4v) is 3.74. The van der Waals surface area contributed by atoms with E-state index in [1.54, 1.807) is 42.5 Å². The summed E-state index contributed by atoms with van der Waals surface area (Å²) in [6.45, 7) is 0. The van der Waals surface area contributed by atoms with E-state index in [1.807, 2.05) is 6.07 Å². The third-order valence-electron chi connectivity index (χ3n) is 5.14. The van der Waals surface area contributed by atoms with Gasteiger partial charge in [0.15, 0.2) is 0 Å². The molecule has 0 bridgehead atoms. The van der Waals surface area contributed by atoms with Gasteiger partial charge in [-0.05, 0) is 43.2 Å². The van der Waals surface area contributed by atoms with Crippen molar-refractivity contribution in [3.8, 4) is 0 Å². The van der Waals surface area contributed by atoms with Crippen LogP contribution in [0.2, 0.25) is 0 Å². The second-order valence-corrected chi connectivity index (χ2v) is 6.87. The van der Waals surface area contributed by atoms with Crippen LogP contribution in [0, 0.1) is 5.92 Å². The number of amides is 3. The molecule has 2 aromatic rings. The van der Waals surface area contributed by atoms with Gasteiger partial charge in [0.05, 0.1) is 16.8 Å². The molecule has 4 rings (SSSR count). The number of imide groups is 1. The summed E-state index contributed by atoms with van der Waals surface area (Å²) in [5.41, 5.74) is 1.82. The number of nitrogens with one attached hydrogen (secondary N) is 1. The molecule has 0 aromatic heterocycles. The topological polar surface area (TPSA) is 66.5 Å². The van der Waals surface area contributed by atoms with Crippen molar-refractivity contribution in [1.82, 2.24) is 0 Å². The predicted molar refractivity (Wildman–Crippen MR) is 99.2 cm³/mol. The molecule has 0 atom stereocenters. The number of rotatable bonds is 3. The lowest BCUT2D eigenvalue weighted by atomic mass is 9.88. The molecule has 0 radical (unpaired) electrons. The third kappa shape index (κ3) is 2.90. The van der Waals surface area contributed by atoms with Crippen LogP contribution in [0.4, 0.5) is 11.4 Å². The molecule has 5 heteroatoms. The minimum atomic E-state index is -0.357. The summed E-state index contributed by atoms with van der Waals surface area (Å²) in [6, 6.07) is 13.8. The molecule has 1 fully saturated rings. The molecule has 0 saturated heterocycles. The van der Waals surface area contributed by atoms with Crippen molar-refractivity contribution in [2.75, 3.05) is 10.2 Å². The normalized spacial score (nSPS) is 17.3. The lowest BCUT2D eigenvalue weighted by Gasteiger charge is -2.20. The molecular formula is C21H20N2O3. The van der Waals surface area contributed by atoms with E-state index in [9.17, 15) is 14.4 Å². The van der Waals surface area contributed by atoms with Gasteiger partial charge in [-0.25, -0.2) is 4.90 Å². The molecule has 1 aliphatic heterocycles. The maximum absolute atomic E-state index is 12.7. The summed E-state index contributed by atoms with van der Waals surface area (Å²) in [5, 5.41) is 2.91. The first-order valence-corrected chi connectivity index (χ1v) is 9.04. The first-order chi connectivity index (χ1) is 12.6. The third-order valence-corrected chi connectivity index (χ3v) is 5.14. The zero-order valence-corrected chi connectivity index (χ0v) is 14.4. The average Bonchev–Trinajstić information content (AvgIpc) is 2.93. The van der Waals surface area contributed by atoms with Gasteiger partial charge < -0.3 is 5.32 Å². The molecule has 2 aliphatic rings. The van der Waals surface area contributed by atoms with E-state index in [1.165, 1.54) is 11.3 Å². The average molecular weight is 348 g/mol. The largest absolute Gasteiger partial charge is 0.326 e. The highest BCUT2D eigenvalue weighted by atomic mass is 16.2. The van der Waals surface area contributed by atoms with Crippen molar-refractivity contribution in [2.45, 2.75) is 32.1 Å². The number of carbonyl (C=O) groups excluding carboxylic acids is 3. The van der Waals surface area contributed by atoms with Gasteiger partial charge in [0, 0.05) is 11.6 Å². The molecule has 1 heterocycles. The molecule has 1 saturated carbocycles. The second kappa shape index (κ2) is 6.75. The maximum Gasteiger partial charge on any atom is 0.266 e. The molecule has 26 heavy (non-hydrogen) atoms. The number of hydrogen-bond donors (Lipinski definition) is 1. The van der Waals surface area contributed by atoms with Gasteiger partial charge in [0.2, 0.25) is 5.91 Å². The highest BCUT2D eigenvalue weighted by Crippen LogP contribution is 2.31. The summed E-state index contributed by atoms with van der Waals surface area (Å²) >= 11 is 0.